The second-order valence-corrected chi connectivity index (χ2v) is 9.70. The molecule has 2 aromatic carbocycles. The van der Waals surface area contributed by atoms with Gasteiger partial charge in [-0.05, 0) is 60.2 Å². The molecule has 1 fully saturated rings. The molecule has 3 aromatic heterocycles. The van der Waals surface area contributed by atoms with E-state index in [-0.39, 0.29) is 35.8 Å². The van der Waals surface area contributed by atoms with Gasteiger partial charge in [0.25, 0.3) is 5.91 Å². The Balaban J connectivity index is 1.11. The number of fused-ring (bicyclic) bond motifs is 1. The van der Waals surface area contributed by atoms with Gasteiger partial charge >= 0.3 is 0 Å². The first-order valence-corrected chi connectivity index (χ1v) is 13.3. The second-order valence-electron chi connectivity index (χ2n) is 9.70. The molecule has 2 amide bonds. The van der Waals surface area contributed by atoms with Gasteiger partial charge in [-0.3, -0.25) is 9.59 Å². The van der Waals surface area contributed by atoms with E-state index in [4.69, 9.17) is 4.74 Å². The van der Waals surface area contributed by atoms with E-state index in [0.717, 1.165) is 11.1 Å². The molecule has 0 spiro atoms. The van der Waals surface area contributed by atoms with E-state index in [1.807, 2.05) is 12.1 Å². The van der Waals surface area contributed by atoms with Crippen molar-refractivity contribution >= 4 is 34.9 Å². The maximum absolute atomic E-state index is 13.1. The predicted molar refractivity (Wildman–Crippen MR) is 153 cm³/mol. The minimum atomic E-state index is -0.351. The summed E-state index contributed by atoms with van der Waals surface area (Å²) in [5.41, 5.74) is 3.66. The summed E-state index contributed by atoms with van der Waals surface area (Å²) in [6, 6.07) is 17.7. The van der Waals surface area contributed by atoms with Crippen LogP contribution in [0.4, 0.5) is 21.8 Å². The third kappa shape index (κ3) is 6.03. The van der Waals surface area contributed by atoms with Crippen LogP contribution in [0.5, 0.6) is 5.75 Å². The average Bonchev–Trinajstić information content (AvgIpc) is 3.41. The molecule has 0 atom stereocenters. The first-order chi connectivity index (χ1) is 20.4. The first-order valence-electron chi connectivity index (χ1n) is 13.3. The fraction of sp³-hybridized carbons (Fsp3) is 0.167. The summed E-state index contributed by atoms with van der Waals surface area (Å²) in [5, 5.41) is 20.8. The van der Waals surface area contributed by atoms with Gasteiger partial charge in [-0.15, -0.1) is 5.10 Å². The molecule has 1 aliphatic heterocycles. The van der Waals surface area contributed by atoms with Gasteiger partial charge in [0.15, 0.2) is 5.65 Å². The molecule has 4 heterocycles. The van der Waals surface area contributed by atoms with Crippen LogP contribution in [-0.4, -0.2) is 67.7 Å². The highest BCUT2D eigenvalue weighted by molar-refractivity contribution is 5.95. The molecule has 5 aromatic rings. The Hall–Kier alpha value is -5.36. The molecular weight excluding hydrogens is 541 g/mol. The lowest BCUT2D eigenvalue weighted by Gasteiger charge is -2.27. The Morgan fingerprint density at radius 3 is 2.50 bits per heavy atom. The van der Waals surface area contributed by atoms with Crippen molar-refractivity contribution in [3.05, 3.63) is 96.1 Å². The first kappa shape index (κ1) is 26.8. The Bertz CT molecular complexity index is 1750. The number of hydrogen-bond acceptors (Lipinski definition) is 8. The van der Waals surface area contributed by atoms with Crippen LogP contribution in [0.2, 0.25) is 0 Å². The number of phenolic OH excluding ortho intramolecular Hbond substituents is 1. The van der Waals surface area contributed by atoms with Crippen LogP contribution < -0.4 is 10.6 Å². The molecule has 42 heavy (non-hydrogen) atoms. The van der Waals surface area contributed by atoms with Crippen molar-refractivity contribution in [2.45, 2.75) is 6.42 Å². The van der Waals surface area contributed by atoms with Gasteiger partial charge in [0.1, 0.15) is 17.4 Å². The standard InChI is InChI=1S/C30H26FN7O4/c31-23-6-1-19(2-7-23)15-28(40)34-26-9-4-21(17-32-26)22-5-10-27-35-30(36-38(27)18-22)33-24-8-3-20(16-25(24)39)29(41)37-11-13-42-14-12-37/h1-10,16-18,39H,11-15H2,(H,33,36)(H,32,34,40). The number of benzene rings is 2. The predicted octanol–water partition coefficient (Wildman–Crippen LogP) is 4.03. The summed E-state index contributed by atoms with van der Waals surface area (Å²) in [4.78, 5) is 35.5. The summed E-state index contributed by atoms with van der Waals surface area (Å²) in [6.45, 7) is 2.03. The number of pyridine rings is 2. The number of amides is 2. The summed E-state index contributed by atoms with van der Waals surface area (Å²) < 4.78 is 20.0. The van der Waals surface area contributed by atoms with Crippen LogP contribution in [0.3, 0.4) is 0 Å². The summed E-state index contributed by atoms with van der Waals surface area (Å²) in [7, 11) is 0. The van der Waals surface area contributed by atoms with Crippen LogP contribution in [0.1, 0.15) is 15.9 Å². The maximum atomic E-state index is 13.1. The normalized spacial score (nSPS) is 13.2. The number of hydrogen-bond donors (Lipinski definition) is 3. The number of halogens is 1. The molecule has 0 aliphatic carbocycles. The number of carbonyl (C=O) groups is 2. The number of nitrogens with one attached hydrogen (secondary N) is 2. The molecule has 6 rings (SSSR count). The largest absolute Gasteiger partial charge is 0.506 e. The molecule has 212 valence electrons. The van der Waals surface area contributed by atoms with E-state index < -0.39 is 0 Å². The molecule has 3 N–H and O–H groups in total. The number of rotatable bonds is 7. The Morgan fingerprint density at radius 2 is 1.76 bits per heavy atom. The third-order valence-electron chi connectivity index (χ3n) is 6.76. The Morgan fingerprint density at radius 1 is 0.976 bits per heavy atom. The highest BCUT2D eigenvalue weighted by Crippen LogP contribution is 2.28. The lowest BCUT2D eigenvalue weighted by Crippen LogP contribution is -2.40. The Labute approximate surface area is 239 Å². The summed E-state index contributed by atoms with van der Waals surface area (Å²) >= 11 is 0. The molecular formula is C30H26FN7O4. The van der Waals surface area contributed by atoms with Crippen LogP contribution in [0.25, 0.3) is 16.8 Å². The van der Waals surface area contributed by atoms with E-state index >= 15 is 0 Å². The third-order valence-corrected chi connectivity index (χ3v) is 6.76. The lowest BCUT2D eigenvalue weighted by molar-refractivity contribution is -0.115. The molecule has 0 radical (unpaired) electrons. The van der Waals surface area contributed by atoms with Crippen LogP contribution >= 0.6 is 0 Å². The van der Waals surface area contributed by atoms with Crippen LogP contribution in [0.15, 0.2) is 79.1 Å². The van der Waals surface area contributed by atoms with Gasteiger partial charge in [0, 0.05) is 42.2 Å². The van der Waals surface area contributed by atoms with Crippen molar-refractivity contribution in [3.63, 3.8) is 0 Å². The van der Waals surface area contributed by atoms with Crippen molar-refractivity contribution < 1.29 is 23.8 Å². The molecule has 0 bridgehead atoms. The lowest BCUT2D eigenvalue weighted by atomic mass is 10.1. The van der Waals surface area contributed by atoms with E-state index in [0.29, 0.717) is 54.6 Å². The van der Waals surface area contributed by atoms with E-state index in [1.54, 1.807) is 58.2 Å². The highest BCUT2D eigenvalue weighted by Gasteiger charge is 2.20. The molecule has 0 saturated carbocycles. The molecule has 11 nitrogen and oxygen atoms in total. The van der Waals surface area contributed by atoms with Gasteiger partial charge < -0.3 is 25.4 Å². The quantitative estimate of drug-likeness (QED) is 0.251. The SMILES string of the molecule is O=C(Cc1ccc(F)cc1)Nc1ccc(-c2ccc3nc(Nc4ccc(C(=O)N5CCOCC5)cc4O)nn3c2)cn1. The van der Waals surface area contributed by atoms with E-state index in [2.05, 4.69) is 25.7 Å². The van der Waals surface area contributed by atoms with Crippen molar-refractivity contribution in [2.75, 3.05) is 36.9 Å². The van der Waals surface area contributed by atoms with Crippen LogP contribution in [-0.2, 0) is 16.0 Å². The second kappa shape index (κ2) is 11.6. The van der Waals surface area contributed by atoms with Crippen molar-refractivity contribution in [1.29, 1.82) is 0 Å². The minimum absolute atomic E-state index is 0.0930. The minimum Gasteiger partial charge on any atom is -0.506 e. The molecule has 1 aliphatic rings. The van der Waals surface area contributed by atoms with E-state index in [9.17, 15) is 19.1 Å². The number of nitrogens with zero attached hydrogens (tertiary/aromatic N) is 5. The number of aromatic hydroxyl groups is 1. The molecule has 0 unspecified atom stereocenters. The van der Waals surface area contributed by atoms with E-state index in [1.165, 1.54) is 18.2 Å². The average molecular weight is 568 g/mol. The molecule has 1 saturated heterocycles. The van der Waals surface area contributed by atoms with Gasteiger partial charge in [-0.1, -0.05) is 12.1 Å². The van der Waals surface area contributed by atoms with Crippen molar-refractivity contribution in [1.82, 2.24) is 24.5 Å². The number of anilines is 3. The smallest absolute Gasteiger partial charge is 0.254 e. The van der Waals surface area contributed by atoms with Gasteiger partial charge in [-0.2, -0.15) is 4.98 Å². The van der Waals surface area contributed by atoms with Gasteiger partial charge in [0.2, 0.25) is 11.9 Å². The van der Waals surface area contributed by atoms with Crippen LogP contribution in [0, 0.1) is 5.82 Å². The summed E-state index contributed by atoms with van der Waals surface area (Å²) in [6.07, 6.45) is 3.54. The van der Waals surface area contributed by atoms with Gasteiger partial charge in [0.05, 0.1) is 25.3 Å². The Kier molecular flexibility index (Phi) is 7.43. The zero-order chi connectivity index (χ0) is 29.1. The number of ether oxygens (including phenoxy) is 1. The van der Waals surface area contributed by atoms with Gasteiger partial charge in [-0.25, -0.2) is 13.9 Å². The number of phenols is 1. The fourth-order valence-electron chi connectivity index (χ4n) is 4.56. The topological polar surface area (TPSA) is 134 Å². The zero-order valence-corrected chi connectivity index (χ0v) is 22.3. The number of carbonyl (C=O) groups excluding carboxylic acids is 2. The monoisotopic (exact) mass is 567 g/mol. The zero-order valence-electron chi connectivity index (χ0n) is 22.3. The number of aromatic nitrogens is 4. The van der Waals surface area contributed by atoms with Crippen molar-refractivity contribution in [3.8, 4) is 16.9 Å². The highest BCUT2D eigenvalue weighted by atomic mass is 19.1. The summed E-state index contributed by atoms with van der Waals surface area (Å²) in [5.74, 6) is -0.187. The molecule has 12 heteroatoms. The maximum Gasteiger partial charge on any atom is 0.254 e. The fourth-order valence-corrected chi connectivity index (χ4v) is 4.56. The van der Waals surface area contributed by atoms with Crippen molar-refractivity contribution in [2.24, 2.45) is 0 Å². The number of morpholine rings is 1.